The van der Waals surface area contributed by atoms with Gasteiger partial charge in [-0.25, -0.2) is 0 Å². The lowest BCUT2D eigenvalue weighted by molar-refractivity contribution is -0.0397. The van der Waals surface area contributed by atoms with Gasteiger partial charge in [-0.2, -0.15) is 5.26 Å². The summed E-state index contributed by atoms with van der Waals surface area (Å²) in [5, 5.41) is 9.53. The van der Waals surface area contributed by atoms with Crippen molar-refractivity contribution in [2.24, 2.45) is 23.7 Å². The highest BCUT2D eigenvalue weighted by molar-refractivity contribution is 9.10. The zero-order valence-electron chi connectivity index (χ0n) is 17.4. The van der Waals surface area contributed by atoms with Gasteiger partial charge >= 0.3 is 0 Å². The van der Waals surface area contributed by atoms with Gasteiger partial charge in [0.25, 0.3) is 0 Å². The zero-order chi connectivity index (χ0) is 20.7. The Morgan fingerprint density at radius 2 is 1.48 bits per heavy atom. The first-order valence-electron chi connectivity index (χ1n) is 11.6. The number of nitriles is 1. The van der Waals surface area contributed by atoms with Crippen LogP contribution in [-0.2, 0) is 5.41 Å². The fourth-order valence-electron chi connectivity index (χ4n) is 8.22. The van der Waals surface area contributed by atoms with Crippen molar-refractivity contribution < 1.29 is 0 Å². The third kappa shape index (κ3) is 2.31. The van der Waals surface area contributed by atoms with E-state index in [2.05, 4.69) is 70.5 Å². The molecule has 5 aliphatic carbocycles. The Bertz CT molecular complexity index is 1250. The van der Waals surface area contributed by atoms with Gasteiger partial charge in [0, 0.05) is 9.89 Å². The first kappa shape index (κ1) is 18.2. The second-order valence-electron chi connectivity index (χ2n) is 10.3. The Kier molecular flexibility index (Phi) is 3.72. The monoisotopic (exact) mass is 465 g/mol. The summed E-state index contributed by atoms with van der Waals surface area (Å²) in [4.78, 5) is 0. The van der Waals surface area contributed by atoms with Gasteiger partial charge in [-0.05, 0) is 113 Å². The first-order chi connectivity index (χ1) is 15.2. The average molecular weight is 466 g/mol. The van der Waals surface area contributed by atoms with Gasteiger partial charge in [0.15, 0.2) is 0 Å². The van der Waals surface area contributed by atoms with Crippen LogP contribution in [0.15, 0.2) is 65.1 Å². The predicted octanol–water partition coefficient (Wildman–Crippen LogP) is 7.71. The molecule has 0 aromatic heterocycles. The molecule has 0 saturated heterocycles. The molecule has 8 rings (SSSR count). The lowest BCUT2D eigenvalue weighted by atomic mass is 9.42. The van der Waals surface area contributed by atoms with Crippen molar-refractivity contribution in [3.63, 3.8) is 0 Å². The van der Waals surface area contributed by atoms with E-state index in [4.69, 9.17) is 0 Å². The first-order valence-corrected chi connectivity index (χ1v) is 12.4. The molecule has 1 nitrogen and oxygen atoms in total. The summed E-state index contributed by atoms with van der Waals surface area (Å²) in [5.41, 5.74) is 9.39. The van der Waals surface area contributed by atoms with Crippen molar-refractivity contribution >= 4 is 15.9 Å². The Hall–Kier alpha value is -2.37. The Morgan fingerprint density at radius 3 is 2.23 bits per heavy atom. The van der Waals surface area contributed by atoms with Crippen molar-refractivity contribution in [1.82, 2.24) is 0 Å². The molecule has 0 radical (unpaired) electrons. The van der Waals surface area contributed by atoms with Gasteiger partial charge in [0.2, 0.25) is 0 Å². The van der Waals surface area contributed by atoms with Crippen LogP contribution in [0.3, 0.4) is 0 Å². The van der Waals surface area contributed by atoms with E-state index in [0.29, 0.717) is 0 Å². The highest BCUT2D eigenvalue weighted by Gasteiger charge is 2.62. The number of fused-ring (bicyclic) bond motifs is 3. The third-order valence-electron chi connectivity index (χ3n) is 8.92. The summed E-state index contributed by atoms with van der Waals surface area (Å²) in [6, 6.07) is 24.4. The lowest BCUT2D eigenvalue weighted by Gasteiger charge is -2.61. The van der Waals surface area contributed by atoms with Gasteiger partial charge in [-0.3, -0.25) is 0 Å². The summed E-state index contributed by atoms with van der Waals surface area (Å²) in [6.45, 7) is 0. The molecule has 4 saturated carbocycles. The zero-order valence-corrected chi connectivity index (χ0v) is 19.0. The number of halogens is 1. The highest BCUT2D eigenvalue weighted by Crippen LogP contribution is 2.70. The maximum Gasteiger partial charge on any atom is 0.0991 e. The maximum atomic E-state index is 9.53. The van der Waals surface area contributed by atoms with Crippen LogP contribution in [-0.4, -0.2) is 0 Å². The SMILES string of the molecule is N#Cc1cccc(-c2cccc3c2C2(c4cc(Br)ccc4-3)C3CC4CC(C3)CC2C4)c1. The lowest BCUT2D eigenvalue weighted by Crippen LogP contribution is -2.55. The third-order valence-corrected chi connectivity index (χ3v) is 9.42. The molecular weight excluding hydrogens is 442 g/mol. The molecule has 31 heavy (non-hydrogen) atoms. The van der Waals surface area contributed by atoms with E-state index in [-0.39, 0.29) is 5.41 Å². The smallest absolute Gasteiger partial charge is 0.0991 e. The molecule has 0 amide bonds. The maximum absolute atomic E-state index is 9.53. The molecule has 2 heteroatoms. The van der Waals surface area contributed by atoms with Crippen molar-refractivity contribution in [1.29, 1.82) is 5.26 Å². The molecule has 4 bridgehead atoms. The van der Waals surface area contributed by atoms with Crippen LogP contribution in [0.5, 0.6) is 0 Å². The van der Waals surface area contributed by atoms with E-state index < -0.39 is 0 Å². The van der Waals surface area contributed by atoms with E-state index in [1.807, 2.05) is 12.1 Å². The Balaban J connectivity index is 1.56. The fraction of sp³-hybridized carbons (Fsp3) is 0.345. The standard InChI is InChI=1S/C29H24BrN/c30-23-7-8-25-26-6-2-5-24(20-4-1-3-17(10-20)16-31)28(26)29(27(25)15-23)21-11-18-9-19(13-21)14-22(29)12-18/h1-8,10,15,18-19,21-22H,9,11-14H2. The topological polar surface area (TPSA) is 23.8 Å². The molecule has 5 aliphatic rings. The van der Waals surface area contributed by atoms with Gasteiger partial charge in [0.05, 0.1) is 11.6 Å². The molecule has 4 fully saturated rings. The van der Waals surface area contributed by atoms with Crippen LogP contribution in [0.4, 0.5) is 0 Å². The van der Waals surface area contributed by atoms with Crippen molar-refractivity contribution in [3.05, 3.63) is 81.8 Å². The molecule has 1 spiro atoms. The second-order valence-corrected chi connectivity index (χ2v) is 11.2. The van der Waals surface area contributed by atoms with E-state index in [9.17, 15) is 5.26 Å². The Morgan fingerprint density at radius 1 is 0.774 bits per heavy atom. The molecule has 3 aromatic carbocycles. The van der Waals surface area contributed by atoms with Crippen LogP contribution in [0.1, 0.15) is 48.8 Å². The van der Waals surface area contributed by atoms with E-state index in [1.54, 1.807) is 11.1 Å². The van der Waals surface area contributed by atoms with Gasteiger partial charge in [-0.1, -0.05) is 52.3 Å². The summed E-state index contributed by atoms with van der Waals surface area (Å²) in [5.74, 6) is 3.33. The summed E-state index contributed by atoms with van der Waals surface area (Å²) >= 11 is 3.81. The molecule has 0 atom stereocenters. The van der Waals surface area contributed by atoms with E-state index in [0.717, 1.165) is 29.2 Å². The van der Waals surface area contributed by atoms with Crippen LogP contribution < -0.4 is 0 Å². The van der Waals surface area contributed by atoms with Crippen LogP contribution in [0.25, 0.3) is 22.3 Å². The number of benzene rings is 3. The van der Waals surface area contributed by atoms with E-state index in [1.165, 1.54) is 58.8 Å². The minimum Gasteiger partial charge on any atom is -0.192 e. The molecule has 3 aromatic rings. The van der Waals surface area contributed by atoms with Crippen molar-refractivity contribution in [3.8, 4) is 28.3 Å². The van der Waals surface area contributed by atoms with Crippen molar-refractivity contribution in [2.75, 3.05) is 0 Å². The quantitative estimate of drug-likeness (QED) is 0.360. The van der Waals surface area contributed by atoms with Gasteiger partial charge < -0.3 is 0 Å². The molecule has 0 unspecified atom stereocenters. The number of hydrogen-bond acceptors (Lipinski definition) is 1. The summed E-state index contributed by atoms with van der Waals surface area (Å²) < 4.78 is 1.19. The van der Waals surface area contributed by atoms with Crippen molar-refractivity contribution in [2.45, 2.75) is 37.5 Å². The van der Waals surface area contributed by atoms with Crippen LogP contribution >= 0.6 is 15.9 Å². The summed E-state index contributed by atoms with van der Waals surface area (Å²) in [6.07, 6.45) is 6.99. The molecule has 152 valence electrons. The molecule has 0 heterocycles. The van der Waals surface area contributed by atoms with Gasteiger partial charge in [0.1, 0.15) is 0 Å². The Labute approximate surface area is 192 Å². The van der Waals surface area contributed by atoms with Crippen LogP contribution in [0.2, 0.25) is 0 Å². The molecule has 0 aliphatic heterocycles. The van der Waals surface area contributed by atoms with Gasteiger partial charge in [-0.15, -0.1) is 0 Å². The minimum atomic E-state index is 0.126. The minimum absolute atomic E-state index is 0.126. The van der Waals surface area contributed by atoms with E-state index >= 15 is 0 Å². The average Bonchev–Trinajstić information content (AvgIpc) is 3.07. The fourth-order valence-corrected chi connectivity index (χ4v) is 8.58. The largest absolute Gasteiger partial charge is 0.192 e. The normalized spacial score (nSPS) is 31.5. The molecule has 0 N–H and O–H groups in total. The summed E-state index contributed by atoms with van der Waals surface area (Å²) in [7, 11) is 0. The second kappa shape index (κ2) is 6.33. The predicted molar refractivity (Wildman–Crippen MR) is 128 cm³/mol. The highest BCUT2D eigenvalue weighted by atomic mass is 79.9. The number of rotatable bonds is 1. The molecular formula is C29H24BrN. The van der Waals surface area contributed by atoms with Crippen LogP contribution in [0, 0.1) is 35.0 Å². The number of hydrogen-bond donors (Lipinski definition) is 0. The number of nitrogens with zero attached hydrogens (tertiary/aromatic N) is 1.